The number of nitrogens with zero attached hydrogens (tertiary/aromatic N) is 1. The van der Waals surface area contributed by atoms with Gasteiger partial charge in [-0.2, -0.15) is 13.2 Å². The summed E-state index contributed by atoms with van der Waals surface area (Å²) < 4.78 is 35.2. The fourth-order valence-electron chi connectivity index (χ4n) is 0.749. The summed E-state index contributed by atoms with van der Waals surface area (Å²) in [6.07, 6.45) is 4.22. The molecule has 2 rings (SSSR count). The summed E-state index contributed by atoms with van der Waals surface area (Å²) in [6, 6.07) is 2.23. The van der Waals surface area contributed by atoms with Crippen molar-refractivity contribution < 1.29 is 22.9 Å². The molecule has 0 spiro atoms. The molecule has 6 heteroatoms. The molecule has 1 aromatic rings. The molecule has 0 saturated heterocycles. The molecule has 1 aliphatic heterocycles. The molecular weight excluding hydrogens is 223 g/mol. The standard InChI is InChI=1S/C6H4F3N.C4H4O2/c7-6(8,9)5-2-1-3-10-4-5;1-2-4-6-5-3-1/h1-4H;1-4H. The highest BCUT2D eigenvalue weighted by Crippen LogP contribution is 2.27. The van der Waals surface area contributed by atoms with Gasteiger partial charge in [-0.15, -0.1) is 0 Å². The SMILES string of the molecule is C1=COOC=C1.FC(F)(F)c1cccnc1. The third-order valence-electron chi connectivity index (χ3n) is 1.42. The van der Waals surface area contributed by atoms with Crippen molar-refractivity contribution >= 4 is 0 Å². The van der Waals surface area contributed by atoms with Crippen molar-refractivity contribution in [1.82, 2.24) is 4.98 Å². The minimum Gasteiger partial charge on any atom is -0.299 e. The summed E-state index contributed by atoms with van der Waals surface area (Å²) in [5, 5.41) is 0. The third-order valence-corrected chi connectivity index (χ3v) is 1.42. The number of allylic oxidation sites excluding steroid dienone is 2. The maximum atomic E-state index is 11.7. The van der Waals surface area contributed by atoms with E-state index in [-0.39, 0.29) is 0 Å². The normalized spacial score (nSPS) is 13.2. The number of rotatable bonds is 0. The summed E-state index contributed by atoms with van der Waals surface area (Å²) in [7, 11) is 0. The summed E-state index contributed by atoms with van der Waals surface area (Å²) in [4.78, 5) is 11.9. The number of hydrogen-bond acceptors (Lipinski definition) is 3. The van der Waals surface area contributed by atoms with Crippen LogP contribution in [0.2, 0.25) is 0 Å². The molecule has 0 aromatic carbocycles. The van der Waals surface area contributed by atoms with Gasteiger partial charge in [0.1, 0.15) is 12.5 Å². The minimum atomic E-state index is -4.27. The van der Waals surface area contributed by atoms with Gasteiger partial charge in [0.2, 0.25) is 0 Å². The molecule has 0 N–H and O–H groups in total. The maximum Gasteiger partial charge on any atom is 0.417 e. The molecule has 0 atom stereocenters. The van der Waals surface area contributed by atoms with Crippen molar-refractivity contribution in [3.8, 4) is 0 Å². The molecule has 2 heterocycles. The smallest absolute Gasteiger partial charge is 0.299 e. The van der Waals surface area contributed by atoms with Gasteiger partial charge in [0.05, 0.1) is 5.56 Å². The van der Waals surface area contributed by atoms with E-state index in [0.717, 1.165) is 12.3 Å². The molecule has 1 aromatic heterocycles. The van der Waals surface area contributed by atoms with Crippen molar-refractivity contribution in [2.75, 3.05) is 0 Å². The first-order valence-corrected chi connectivity index (χ1v) is 4.22. The van der Waals surface area contributed by atoms with Crippen LogP contribution in [-0.4, -0.2) is 4.98 Å². The van der Waals surface area contributed by atoms with Gasteiger partial charge in [-0.1, -0.05) is 0 Å². The lowest BCUT2D eigenvalue weighted by Gasteiger charge is -2.03. The Morgan fingerprint density at radius 3 is 1.94 bits per heavy atom. The van der Waals surface area contributed by atoms with E-state index in [1.165, 1.54) is 24.8 Å². The lowest BCUT2D eigenvalue weighted by molar-refractivity contribution is -0.198. The summed E-state index contributed by atoms with van der Waals surface area (Å²) in [5.74, 6) is 0. The van der Waals surface area contributed by atoms with Gasteiger partial charge in [-0.3, -0.25) is 14.8 Å². The predicted molar refractivity (Wildman–Crippen MR) is 49.7 cm³/mol. The van der Waals surface area contributed by atoms with Crippen molar-refractivity contribution in [2.24, 2.45) is 0 Å². The topological polar surface area (TPSA) is 31.4 Å². The van der Waals surface area contributed by atoms with E-state index in [4.69, 9.17) is 0 Å². The quantitative estimate of drug-likeness (QED) is 0.643. The molecule has 86 valence electrons. The molecule has 0 aliphatic carbocycles. The zero-order valence-corrected chi connectivity index (χ0v) is 8.02. The number of aromatic nitrogens is 1. The van der Waals surface area contributed by atoms with E-state index >= 15 is 0 Å². The van der Waals surface area contributed by atoms with Crippen LogP contribution in [0.25, 0.3) is 0 Å². The zero-order chi connectivity index (χ0) is 11.9. The van der Waals surface area contributed by atoms with E-state index in [1.54, 1.807) is 12.2 Å². The van der Waals surface area contributed by atoms with Gasteiger partial charge in [-0.05, 0) is 24.3 Å². The monoisotopic (exact) mass is 231 g/mol. The molecule has 0 fully saturated rings. The molecular formula is C10H8F3NO2. The van der Waals surface area contributed by atoms with Crippen LogP contribution in [0.3, 0.4) is 0 Å². The minimum absolute atomic E-state index is 0.713. The second-order valence-electron chi connectivity index (χ2n) is 2.59. The summed E-state index contributed by atoms with van der Waals surface area (Å²) >= 11 is 0. The average Bonchev–Trinajstić information content (AvgIpc) is 2.32. The van der Waals surface area contributed by atoms with Crippen LogP contribution in [0.5, 0.6) is 0 Å². The van der Waals surface area contributed by atoms with Gasteiger partial charge in [0, 0.05) is 12.4 Å². The molecule has 3 nitrogen and oxygen atoms in total. The van der Waals surface area contributed by atoms with E-state index in [0.29, 0.717) is 0 Å². The molecule has 16 heavy (non-hydrogen) atoms. The summed E-state index contributed by atoms with van der Waals surface area (Å²) in [5.41, 5.74) is -0.713. The average molecular weight is 231 g/mol. The van der Waals surface area contributed by atoms with Crippen molar-refractivity contribution in [3.63, 3.8) is 0 Å². The Balaban J connectivity index is 0.000000181. The van der Waals surface area contributed by atoms with E-state index in [9.17, 15) is 13.2 Å². The molecule has 0 amide bonds. The largest absolute Gasteiger partial charge is 0.417 e. The fraction of sp³-hybridized carbons (Fsp3) is 0.100. The highest BCUT2D eigenvalue weighted by atomic mass is 19.4. The van der Waals surface area contributed by atoms with Crippen LogP contribution in [0.1, 0.15) is 5.56 Å². The Hall–Kier alpha value is -1.98. The van der Waals surface area contributed by atoms with E-state index < -0.39 is 11.7 Å². The molecule has 0 unspecified atom stereocenters. The molecule has 0 saturated carbocycles. The fourth-order valence-corrected chi connectivity index (χ4v) is 0.749. The molecule has 0 bridgehead atoms. The van der Waals surface area contributed by atoms with Gasteiger partial charge in [0.25, 0.3) is 0 Å². The Morgan fingerprint density at radius 2 is 1.69 bits per heavy atom. The first-order chi connectivity index (χ1) is 7.61. The van der Waals surface area contributed by atoms with Crippen LogP contribution in [0, 0.1) is 0 Å². The third kappa shape index (κ3) is 4.50. The zero-order valence-electron chi connectivity index (χ0n) is 8.02. The van der Waals surface area contributed by atoms with E-state index in [1.807, 2.05) is 0 Å². The second-order valence-corrected chi connectivity index (χ2v) is 2.59. The van der Waals surface area contributed by atoms with Crippen molar-refractivity contribution in [1.29, 1.82) is 0 Å². The molecule has 0 radical (unpaired) electrons. The van der Waals surface area contributed by atoms with Crippen molar-refractivity contribution in [3.05, 3.63) is 54.8 Å². The Kier molecular flexibility index (Phi) is 4.38. The van der Waals surface area contributed by atoms with Gasteiger partial charge in [0.15, 0.2) is 0 Å². The number of halogens is 3. The van der Waals surface area contributed by atoms with Crippen LogP contribution in [-0.2, 0) is 16.0 Å². The Morgan fingerprint density at radius 1 is 1.06 bits per heavy atom. The summed E-state index contributed by atoms with van der Waals surface area (Å²) in [6.45, 7) is 0. The van der Waals surface area contributed by atoms with Gasteiger partial charge < -0.3 is 0 Å². The van der Waals surface area contributed by atoms with Crippen LogP contribution >= 0.6 is 0 Å². The Labute approximate surface area is 89.7 Å². The highest BCUT2D eigenvalue weighted by molar-refractivity contribution is 5.11. The highest BCUT2D eigenvalue weighted by Gasteiger charge is 2.30. The van der Waals surface area contributed by atoms with Crippen LogP contribution < -0.4 is 0 Å². The van der Waals surface area contributed by atoms with Gasteiger partial charge >= 0.3 is 6.18 Å². The first-order valence-electron chi connectivity index (χ1n) is 4.22. The van der Waals surface area contributed by atoms with Crippen molar-refractivity contribution in [2.45, 2.75) is 6.18 Å². The Bertz CT molecular complexity index is 348. The number of alkyl halides is 3. The molecule has 1 aliphatic rings. The van der Waals surface area contributed by atoms with Crippen LogP contribution in [0.15, 0.2) is 49.2 Å². The number of pyridine rings is 1. The van der Waals surface area contributed by atoms with Crippen LogP contribution in [0.4, 0.5) is 13.2 Å². The number of hydrogen-bond donors (Lipinski definition) is 0. The lowest BCUT2D eigenvalue weighted by atomic mass is 10.3. The first kappa shape index (κ1) is 12.1. The maximum absolute atomic E-state index is 11.7. The second kappa shape index (κ2) is 5.79. The lowest BCUT2D eigenvalue weighted by Crippen LogP contribution is -2.04. The van der Waals surface area contributed by atoms with E-state index in [2.05, 4.69) is 14.8 Å². The predicted octanol–water partition coefficient (Wildman–Crippen LogP) is 3.08. The van der Waals surface area contributed by atoms with Gasteiger partial charge in [-0.25, -0.2) is 0 Å².